The van der Waals surface area contributed by atoms with E-state index < -0.39 is 16.4 Å². The first-order valence-corrected chi connectivity index (χ1v) is 9.67. The van der Waals surface area contributed by atoms with Crippen molar-refractivity contribution in [1.29, 1.82) is 0 Å². The minimum absolute atomic E-state index is 0.205. The molecule has 0 unspecified atom stereocenters. The molecule has 1 aliphatic heterocycles. The Morgan fingerprint density at radius 2 is 1.88 bits per heavy atom. The standard InChI is InChI=1S/C15H19F2N5O2S/c1-25(23,24)12-3-2-4-19-14(12)21-9-7-20(8-10-21)11-13-18-5-6-22(13)15(16)17/h2-6,15H,7-11H2,1H3. The number of imidazole rings is 1. The fourth-order valence-corrected chi connectivity index (χ4v) is 3.71. The second-order valence-corrected chi connectivity index (χ2v) is 7.87. The van der Waals surface area contributed by atoms with Crippen molar-refractivity contribution in [3.8, 4) is 0 Å². The first kappa shape index (κ1) is 17.7. The molecule has 0 radical (unpaired) electrons. The van der Waals surface area contributed by atoms with Crippen LogP contribution in [0.3, 0.4) is 0 Å². The maximum Gasteiger partial charge on any atom is 0.319 e. The summed E-state index contributed by atoms with van der Waals surface area (Å²) >= 11 is 0. The molecule has 0 aliphatic carbocycles. The second kappa shape index (κ2) is 7.04. The Balaban J connectivity index is 1.68. The van der Waals surface area contributed by atoms with Crippen molar-refractivity contribution in [2.75, 3.05) is 37.3 Å². The third-order valence-corrected chi connectivity index (χ3v) is 5.26. The van der Waals surface area contributed by atoms with Crippen molar-refractivity contribution >= 4 is 15.7 Å². The number of piperazine rings is 1. The average Bonchev–Trinajstić information content (AvgIpc) is 3.03. The number of sulfone groups is 1. The molecule has 2 aromatic heterocycles. The first-order valence-electron chi connectivity index (χ1n) is 7.78. The van der Waals surface area contributed by atoms with Crippen LogP contribution in [-0.2, 0) is 16.4 Å². The summed E-state index contributed by atoms with van der Waals surface area (Å²) in [6.07, 6.45) is 5.36. The molecule has 25 heavy (non-hydrogen) atoms. The summed E-state index contributed by atoms with van der Waals surface area (Å²) < 4.78 is 50.5. The van der Waals surface area contributed by atoms with E-state index in [1.807, 2.05) is 9.80 Å². The van der Waals surface area contributed by atoms with E-state index in [0.29, 0.717) is 44.4 Å². The number of anilines is 1. The number of rotatable bonds is 5. The van der Waals surface area contributed by atoms with Gasteiger partial charge in [0.15, 0.2) is 9.84 Å². The molecule has 1 saturated heterocycles. The van der Waals surface area contributed by atoms with Crippen LogP contribution in [-0.4, -0.2) is 60.3 Å². The zero-order valence-corrected chi connectivity index (χ0v) is 14.5. The van der Waals surface area contributed by atoms with Crippen LogP contribution in [0, 0.1) is 0 Å². The highest BCUT2D eigenvalue weighted by atomic mass is 32.2. The van der Waals surface area contributed by atoms with Gasteiger partial charge in [-0.25, -0.2) is 18.4 Å². The molecule has 0 spiro atoms. The lowest BCUT2D eigenvalue weighted by molar-refractivity contribution is 0.0636. The molecule has 0 N–H and O–H groups in total. The molecule has 136 valence electrons. The highest BCUT2D eigenvalue weighted by Crippen LogP contribution is 2.24. The minimum Gasteiger partial charge on any atom is -0.353 e. The third kappa shape index (κ3) is 3.96. The zero-order valence-electron chi connectivity index (χ0n) is 13.7. The smallest absolute Gasteiger partial charge is 0.319 e. The summed E-state index contributed by atoms with van der Waals surface area (Å²) in [5.74, 6) is 0.761. The Morgan fingerprint density at radius 1 is 1.16 bits per heavy atom. The van der Waals surface area contributed by atoms with Crippen LogP contribution < -0.4 is 4.90 Å². The van der Waals surface area contributed by atoms with E-state index in [2.05, 4.69) is 9.97 Å². The van der Waals surface area contributed by atoms with Crippen molar-refractivity contribution in [1.82, 2.24) is 19.4 Å². The SMILES string of the molecule is CS(=O)(=O)c1cccnc1N1CCN(Cc2nccn2C(F)F)CC1. The predicted octanol–water partition coefficient (Wildman–Crippen LogP) is 1.40. The number of pyridine rings is 1. The summed E-state index contributed by atoms with van der Waals surface area (Å²) in [5, 5.41) is 0. The molecule has 3 heterocycles. The molecular formula is C15H19F2N5O2S. The highest BCUT2D eigenvalue weighted by Gasteiger charge is 2.24. The average molecular weight is 371 g/mol. The van der Waals surface area contributed by atoms with Gasteiger partial charge < -0.3 is 4.90 Å². The second-order valence-electron chi connectivity index (χ2n) is 5.89. The van der Waals surface area contributed by atoms with Crippen molar-refractivity contribution in [3.63, 3.8) is 0 Å². The van der Waals surface area contributed by atoms with E-state index in [4.69, 9.17) is 0 Å². The Hall–Kier alpha value is -2.07. The monoisotopic (exact) mass is 371 g/mol. The van der Waals surface area contributed by atoms with E-state index in [9.17, 15) is 17.2 Å². The number of nitrogens with zero attached hydrogens (tertiary/aromatic N) is 5. The topological polar surface area (TPSA) is 71.3 Å². The molecule has 3 rings (SSSR count). The van der Waals surface area contributed by atoms with Crippen LogP contribution in [0.25, 0.3) is 0 Å². The zero-order chi connectivity index (χ0) is 18.0. The van der Waals surface area contributed by atoms with E-state index >= 15 is 0 Å². The maximum atomic E-state index is 12.9. The lowest BCUT2D eigenvalue weighted by atomic mass is 10.3. The molecule has 0 atom stereocenters. The van der Waals surface area contributed by atoms with Crippen molar-refractivity contribution < 1.29 is 17.2 Å². The largest absolute Gasteiger partial charge is 0.353 e. The van der Waals surface area contributed by atoms with E-state index in [-0.39, 0.29) is 4.90 Å². The molecule has 0 aromatic carbocycles. The molecule has 10 heteroatoms. The Labute approximate surface area is 144 Å². The molecule has 1 fully saturated rings. The van der Waals surface area contributed by atoms with Gasteiger partial charge in [-0.2, -0.15) is 8.78 Å². The van der Waals surface area contributed by atoms with Gasteiger partial charge in [-0.1, -0.05) is 0 Å². The summed E-state index contributed by atoms with van der Waals surface area (Å²) in [6, 6.07) is 3.14. The lowest BCUT2D eigenvalue weighted by Gasteiger charge is -2.35. The fraction of sp³-hybridized carbons (Fsp3) is 0.467. The fourth-order valence-electron chi connectivity index (χ4n) is 2.87. The summed E-state index contributed by atoms with van der Waals surface area (Å²) in [4.78, 5) is 12.3. The maximum absolute atomic E-state index is 12.9. The Morgan fingerprint density at radius 3 is 2.52 bits per heavy atom. The first-order chi connectivity index (χ1) is 11.9. The number of aromatic nitrogens is 3. The van der Waals surface area contributed by atoms with Gasteiger partial charge in [0.2, 0.25) is 0 Å². The molecule has 0 saturated carbocycles. The molecule has 0 bridgehead atoms. The highest BCUT2D eigenvalue weighted by molar-refractivity contribution is 7.90. The van der Waals surface area contributed by atoms with Crippen LogP contribution >= 0.6 is 0 Å². The summed E-state index contributed by atoms with van der Waals surface area (Å²) in [5.41, 5.74) is 0. The number of halogens is 2. The normalized spacial score (nSPS) is 16.6. The lowest BCUT2D eigenvalue weighted by Crippen LogP contribution is -2.47. The molecule has 2 aromatic rings. The Bertz CT molecular complexity index is 832. The van der Waals surface area contributed by atoms with Gasteiger partial charge in [-0.3, -0.25) is 9.47 Å². The van der Waals surface area contributed by atoms with Gasteiger partial charge in [0.05, 0.1) is 6.54 Å². The van der Waals surface area contributed by atoms with Gasteiger partial charge in [0.1, 0.15) is 16.5 Å². The van der Waals surface area contributed by atoms with Crippen molar-refractivity contribution in [2.24, 2.45) is 0 Å². The van der Waals surface area contributed by atoms with Crippen molar-refractivity contribution in [2.45, 2.75) is 18.0 Å². The van der Waals surface area contributed by atoms with Crippen molar-refractivity contribution in [3.05, 3.63) is 36.5 Å². The number of hydrogen-bond donors (Lipinski definition) is 0. The van der Waals surface area contributed by atoms with E-state index in [1.165, 1.54) is 12.4 Å². The van der Waals surface area contributed by atoms with Crippen LogP contribution in [0.2, 0.25) is 0 Å². The molecule has 7 nitrogen and oxygen atoms in total. The number of hydrogen-bond acceptors (Lipinski definition) is 6. The predicted molar refractivity (Wildman–Crippen MR) is 88.3 cm³/mol. The molecular weight excluding hydrogens is 352 g/mol. The van der Waals surface area contributed by atoms with Gasteiger partial charge in [-0.05, 0) is 12.1 Å². The number of alkyl halides is 2. The van der Waals surface area contributed by atoms with Crippen LogP contribution in [0.15, 0.2) is 35.6 Å². The Kier molecular flexibility index (Phi) is 5.00. The van der Waals surface area contributed by atoms with E-state index in [1.54, 1.807) is 18.3 Å². The van der Waals surface area contributed by atoms with Gasteiger partial charge in [0.25, 0.3) is 0 Å². The molecule has 0 amide bonds. The van der Waals surface area contributed by atoms with Crippen LogP contribution in [0.1, 0.15) is 12.4 Å². The van der Waals surface area contributed by atoms with E-state index in [0.717, 1.165) is 10.8 Å². The van der Waals surface area contributed by atoms with Crippen LogP contribution in [0.4, 0.5) is 14.6 Å². The summed E-state index contributed by atoms with van der Waals surface area (Å²) in [6.45, 7) is 0.0617. The summed E-state index contributed by atoms with van der Waals surface area (Å²) in [7, 11) is -3.37. The van der Waals surface area contributed by atoms with Gasteiger partial charge in [0, 0.05) is 51.0 Å². The van der Waals surface area contributed by atoms with Gasteiger partial charge >= 0.3 is 6.55 Å². The third-order valence-electron chi connectivity index (χ3n) is 4.15. The van der Waals surface area contributed by atoms with Crippen LogP contribution in [0.5, 0.6) is 0 Å². The molecule has 1 aliphatic rings. The van der Waals surface area contributed by atoms with Gasteiger partial charge in [-0.15, -0.1) is 0 Å². The minimum atomic E-state index is -3.37. The quantitative estimate of drug-likeness (QED) is 0.791.